The van der Waals surface area contributed by atoms with Crippen molar-refractivity contribution in [3.05, 3.63) is 40.9 Å². The topological polar surface area (TPSA) is 67.2 Å². The Labute approximate surface area is 153 Å². The zero-order chi connectivity index (χ0) is 17.9. The summed E-state index contributed by atoms with van der Waals surface area (Å²) in [5, 5.41) is 3.69. The smallest absolute Gasteiger partial charge is 0.261 e. The number of aromatic nitrogens is 2. The first kappa shape index (κ1) is 17.2. The number of likely N-dealkylation sites (tertiary alicyclic amines) is 1. The molecule has 138 valence electrons. The second kappa shape index (κ2) is 7.58. The fourth-order valence-electron chi connectivity index (χ4n) is 3.82. The Hall–Kier alpha value is -2.21. The highest BCUT2D eigenvalue weighted by Crippen LogP contribution is 2.31. The number of aryl methyl sites for hydroxylation is 1. The maximum absolute atomic E-state index is 12.4. The van der Waals surface area contributed by atoms with Crippen molar-refractivity contribution in [3.8, 4) is 0 Å². The fraction of sp³-hybridized carbons (Fsp3) is 0.550. The Morgan fingerprint density at radius 3 is 2.92 bits per heavy atom. The van der Waals surface area contributed by atoms with E-state index in [-0.39, 0.29) is 11.5 Å². The number of amides is 1. The summed E-state index contributed by atoms with van der Waals surface area (Å²) >= 11 is 0. The molecular weight excluding hydrogens is 328 g/mol. The number of nitrogens with zero attached hydrogens (tertiary/aromatic N) is 3. The number of rotatable bonds is 7. The minimum atomic E-state index is -0.0397. The number of fused-ring (bicyclic) bond motifs is 1. The Bertz CT molecular complexity index is 843. The fourth-order valence-corrected chi connectivity index (χ4v) is 3.82. The molecule has 1 N–H and O–H groups in total. The van der Waals surface area contributed by atoms with Gasteiger partial charge in [0, 0.05) is 32.1 Å². The average Bonchev–Trinajstić information content (AvgIpc) is 3.40. The summed E-state index contributed by atoms with van der Waals surface area (Å²) in [6, 6.07) is 8.17. The summed E-state index contributed by atoms with van der Waals surface area (Å²) in [5.41, 5.74) is 0.672. The number of hydrogen-bond acceptors (Lipinski definition) is 4. The highest BCUT2D eigenvalue weighted by Gasteiger charge is 2.34. The van der Waals surface area contributed by atoms with Gasteiger partial charge in [0.1, 0.15) is 0 Å². The van der Waals surface area contributed by atoms with E-state index in [0.29, 0.717) is 36.2 Å². The van der Waals surface area contributed by atoms with Crippen molar-refractivity contribution in [1.82, 2.24) is 19.8 Å². The molecular formula is C20H26N4O2. The second-order valence-electron chi connectivity index (χ2n) is 7.55. The SMILES string of the molecule is O=C(CCCn1cnc2ccccc2c1=O)NC[C@@H]1CCN(C2CC2)C1. The van der Waals surface area contributed by atoms with E-state index in [0.717, 1.165) is 19.1 Å². The summed E-state index contributed by atoms with van der Waals surface area (Å²) in [5.74, 6) is 0.670. The summed E-state index contributed by atoms with van der Waals surface area (Å²) in [6.45, 7) is 3.61. The van der Waals surface area contributed by atoms with Gasteiger partial charge in [-0.15, -0.1) is 0 Å². The Morgan fingerprint density at radius 2 is 2.08 bits per heavy atom. The van der Waals surface area contributed by atoms with Crippen LogP contribution < -0.4 is 10.9 Å². The molecule has 1 aliphatic carbocycles. The molecule has 1 aromatic carbocycles. The van der Waals surface area contributed by atoms with Gasteiger partial charge in [0.25, 0.3) is 5.56 Å². The highest BCUT2D eigenvalue weighted by atomic mass is 16.1. The van der Waals surface area contributed by atoms with Gasteiger partial charge < -0.3 is 10.2 Å². The van der Waals surface area contributed by atoms with Crippen LogP contribution in [0.15, 0.2) is 35.4 Å². The first-order valence-corrected chi connectivity index (χ1v) is 9.65. The van der Waals surface area contributed by atoms with Crippen molar-refractivity contribution in [3.63, 3.8) is 0 Å². The molecule has 0 radical (unpaired) electrons. The van der Waals surface area contributed by atoms with E-state index in [1.807, 2.05) is 18.2 Å². The maximum atomic E-state index is 12.4. The van der Waals surface area contributed by atoms with E-state index < -0.39 is 0 Å². The monoisotopic (exact) mass is 354 g/mol. The molecule has 1 amide bonds. The minimum absolute atomic E-state index is 0.0397. The van der Waals surface area contributed by atoms with Gasteiger partial charge in [-0.2, -0.15) is 0 Å². The van der Waals surface area contributed by atoms with Gasteiger partial charge in [-0.25, -0.2) is 4.98 Å². The van der Waals surface area contributed by atoms with Crippen LogP contribution in [0.4, 0.5) is 0 Å². The van der Waals surface area contributed by atoms with Crippen LogP contribution in [0.3, 0.4) is 0 Å². The predicted octanol–water partition coefficient (Wildman–Crippen LogP) is 1.78. The molecule has 1 saturated carbocycles. The standard InChI is InChI=1S/C20H26N4O2/c25-19(21-12-15-9-11-23(13-15)16-7-8-16)6-3-10-24-14-22-18-5-2-1-4-17(18)20(24)26/h1-2,4-5,14-16H,3,6-13H2,(H,21,25)/t15-/m0/s1. The molecule has 0 bridgehead atoms. The van der Waals surface area contributed by atoms with Gasteiger partial charge in [0.15, 0.2) is 0 Å². The van der Waals surface area contributed by atoms with E-state index in [1.165, 1.54) is 25.8 Å². The van der Waals surface area contributed by atoms with Crippen LogP contribution in [0.1, 0.15) is 32.1 Å². The van der Waals surface area contributed by atoms with E-state index in [1.54, 1.807) is 17.0 Å². The molecule has 1 atom stereocenters. The first-order valence-electron chi connectivity index (χ1n) is 9.65. The zero-order valence-corrected chi connectivity index (χ0v) is 15.1. The molecule has 2 fully saturated rings. The highest BCUT2D eigenvalue weighted by molar-refractivity contribution is 5.77. The molecule has 0 spiro atoms. The third-order valence-electron chi connectivity index (χ3n) is 5.50. The molecule has 2 aromatic rings. The van der Waals surface area contributed by atoms with Crippen LogP contribution in [-0.4, -0.2) is 46.0 Å². The number of carbonyl (C=O) groups is 1. The summed E-state index contributed by atoms with van der Waals surface area (Å²) in [6.07, 6.45) is 6.55. The lowest BCUT2D eigenvalue weighted by Crippen LogP contribution is -2.31. The molecule has 1 aliphatic heterocycles. The van der Waals surface area contributed by atoms with Crippen molar-refractivity contribution >= 4 is 16.8 Å². The van der Waals surface area contributed by atoms with Crippen LogP contribution in [-0.2, 0) is 11.3 Å². The van der Waals surface area contributed by atoms with E-state index in [2.05, 4.69) is 15.2 Å². The molecule has 2 heterocycles. The van der Waals surface area contributed by atoms with Gasteiger partial charge in [0.2, 0.25) is 5.91 Å². The molecule has 6 heteroatoms. The van der Waals surface area contributed by atoms with E-state index >= 15 is 0 Å². The van der Waals surface area contributed by atoms with Gasteiger partial charge in [-0.3, -0.25) is 14.2 Å². The third-order valence-corrected chi connectivity index (χ3v) is 5.50. The molecule has 1 saturated heterocycles. The van der Waals surface area contributed by atoms with Crippen molar-refractivity contribution < 1.29 is 4.79 Å². The van der Waals surface area contributed by atoms with Crippen LogP contribution in [0, 0.1) is 5.92 Å². The lowest BCUT2D eigenvalue weighted by Gasteiger charge is -2.15. The molecule has 26 heavy (non-hydrogen) atoms. The van der Waals surface area contributed by atoms with E-state index in [9.17, 15) is 9.59 Å². The third kappa shape index (κ3) is 3.96. The van der Waals surface area contributed by atoms with Gasteiger partial charge >= 0.3 is 0 Å². The molecule has 0 unspecified atom stereocenters. The molecule has 2 aliphatic rings. The van der Waals surface area contributed by atoms with Gasteiger partial charge in [-0.05, 0) is 50.3 Å². The van der Waals surface area contributed by atoms with Crippen LogP contribution in [0.25, 0.3) is 10.9 Å². The van der Waals surface area contributed by atoms with Crippen LogP contribution >= 0.6 is 0 Å². The second-order valence-corrected chi connectivity index (χ2v) is 7.55. The molecule has 1 aromatic heterocycles. The Kier molecular flexibility index (Phi) is 5.02. The average molecular weight is 354 g/mol. The Balaban J connectivity index is 1.21. The minimum Gasteiger partial charge on any atom is -0.356 e. The molecule has 4 rings (SSSR count). The molecule has 6 nitrogen and oxygen atoms in total. The van der Waals surface area contributed by atoms with E-state index in [4.69, 9.17) is 0 Å². The van der Waals surface area contributed by atoms with Crippen LogP contribution in [0.5, 0.6) is 0 Å². The lowest BCUT2D eigenvalue weighted by atomic mass is 10.1. The normalized spacial score (nSPS) is 20.5. The summed E-state index contributed by atoms with van der Waals surface area (Å²) in [7, 11) is 0. The van der Waals surface area contributed by atoms with Crippen LogP contribution in [0.2, 0.25) is 0 Å². The predicted molar refractivity (Wildman–Crippen MR) is 101 cm³/mol. The van der Waals surface area contributed by atoms with Crippen molar-refractivity contribution in [2.75, 3.05) is 19.6 Å². The summed E-state index contributed by atoms with van der Waals surface area (Å²) in [4.78, 5) is 31.4. The quantitative estimate of drug-likeness (QED) is 0.823. The number of carbonyl (C=O) groups excluding carboxylic acids is 1. The number of nitrogens with one attached hydrogen (secondary N) is 1. The van der Waals surface area contributed by atoms with Gasteiger partial charge in [0.05, 0.1) is 17.2 Å². The summed E-state index contributed by atoms with van der Waals surface area (Å²) < 4.78 is 1.60. The maximum Gasteiger partial charge on any atom is 0.261 e. The van der Waals surface area contributed by atoms with Crippen molar-refractivity contribution in [2.45, 2.75) is 44.7 Å². The first-order chi connectivity index (χ1) is 12.7. The number of hydrogen-bond donors (Lipinski definition) is 1. The zero-order valence-electron chi connectivity index (χ0n) is 15.1. The van der Waals surface area contributed by atoms with Gasteiger partial charge in [-0.1, -0.05) is 12.1 Å². The number of benzene rings is 1. The van der Waals surface area contributed by atoms with Crippen molar-refractivity contribution in [1.29, 1.82) is 0 Å². The lowest BCUT2D eigenvalue weighted by molar-refractivity contribution is -0.121. The van der Waals surface area contributed by atoms with Crippen molar-refractivity contribution in [2.24, 2.45) is 5.92 Å². The number of para-hydroxylation sites is 1. The Morgan fingerprint density at radius 1 is 1.23 bits per heavy atom. The largest absolute Gasteiger partial charge is 0.356 e.